The van der Waals surface area contributed by atoms with Crippen LogP contribution in [0.25, 0.3) is 0 Å². The summed E-state index contributed by atoms with van der Waals surface area (Å²) in [5.41, 5.74) is 0.264. The highest BCUT2D eigenvalue weighted by Gasteiger charge is 2.39. The maximum atomic E-state index is 10.8. The third-order valence-electron chi connectivity index (χ3n) is 3.54. The van der Waals surface area contributed by atoms with Crippen LogP contribution in [0.4, 0.5) is 0 Å². The van der Waals surface area contributed by atoms with Crippen LogP contribution in [0.5, 0.6) is 0 Å². The summed E-state index contributed by atoms with van der Waals surface area (Å²) in [5.74, 6) is 0.230. The standard InChI is InChI=1S/C12H21N3O/c1-3-8-15-11(4-6-14-15)12(16)5-7-13-9-10(12)2/h4,6,10,13,16H,3,5,7-9H2,1-2H3. The summed E-state index contributed by atoms with van der Waals surface area (Å²) < 4.78 is 1.95. The third kappa shape index (κ3) is 1.87. The van der Waals surface area contributed by atoms with Gasteiger partial charge in [0.1, 0.15) is 5.60 Å². The molecule has 16 heavy (non-hydrogen) atoms. The smallest absolute Gasteiger partial charge is 0.111 e. The molecular formula is C12H21N3O. The predicted molar refractivity (Wildman–Crippen MR) is 63.1 cm³/mol. The van der Waals surface area contributed by atoms with Crippen LogP contribution in [0, 0.1) is 5.92 Å². The number of hydrogen-bond donors (Lipinski definition) is 2. The molecule has 2 rings (SSSR count). The molecule has 1 aliphatic heterocycles. The van der Waals surface area contributed by atoms with Gasteiger partial charge in [0.25, 0.3) is 0 Å². The monoisotopic (exact) mass is 223 g/mol. The summed E-state index contributed by atoms with van der Waals surface area (Å²) in [7, 11) is 0. The van der Waals surface area contributed by atoms with Gasteiger partial charge in [0.05, 0.1) is 5.69 Å². The van der Waals surface area contributed by atoms with Crippen molar-refractivity contribution in [2.45, 2.75) is 38.8 Å². The minimum atomic E-state index is -0.711. The molecule has 1 saturated heterocycles. The van der Waals surface area contributed by atoms with Crippen LogP contribution in [0.3, 0.4) is 0 Å². The average molecular weight is 223 g/mol. The van der Waals surface area contributed by atoms with Gasteiger partial charge in [0.2, 0.25) is 0 Å². The van der Waals surface area contributed by atoms with E-state index in [4.69, 9.17) is 0 Å². The van der Waals surface area contributed by atoms with Crippen molar-refractivity contribution in [3.8, 4) is 0 Å². The van der Waals surface area contributed by atoms with Crippen LogP contribution in [-0.4, -0.2) is 28.0 Å². The number of nitrogens with one attached hydrogen (secondary N) is 1. The number of aromatic nitrogens is 2. The van der Waals surface area contributed by atoms with E-state index in [1.54, 1.807) is 6.20 Å². The molecule has 4 heteroatoms. The zero-order valence-corrected chi connectivity index (χ0v) is 10.1. The van der Waals surface area contributed by atoms with E-state index >= 15 is 0 Å². The zero-order valence-electron chi connectivity index (χ0n) is 10.1. The van der Waals surface area contributed by atoms with Crippen molar-refractivity contribution in [1.29, 1.82) is 0 Å². The van der Waals surface area contributed by atoms with E-state index in [0.717, 1.165) is 38.2 Å². The van der Waals surface area contributed by atoms with Gasteiger partial charge >= 0.3 is 0 Å². The van der Waals surface area contributed by atoms with Gasteiger partial charge in [-0.1, -0.05) is 13.8 Å². The Morgan fingerprint density at radius 2 is 2.50 bits per heavy atom. The Kier molecular flexibility index (Phi) is 3.30. The maximum Gasteiger partial charge on any atom is 0.111 e. The van der Waals surface area contributed by atoms with E-state index in [-0.39, 0.29) is 5.92 Å². The Labute approximate surface area is 96.7 Å². The molecule has 0 amide bonds. The fourth-order valence-corrected chi connectivity index (χ4v) is 2.48. The number of nitrogens with zero attached hydrogens (tertiary/aromatic N) is 2. The summed E-state index contributed by atoms with van der Waals surface area (Å²) in [4.78, 5) is 0. The van der Waals surface area contributed by atoms with Gasteiger partial charge in [-0.3, -0.25) is 4.68 Å². The molecule has 1 aliphatic rings. The Balaban J connectivity index is 2.29. The van der Waals surface area contributed by atoms with Crippen LogP contribution < -0.4 is 5.32 Å². The topological polar surface area (TPSA) is 50.1 Å². The number of hydrogen-bond acceptors (Lipinski definition) is 3. The minimum absolute atomic E-state index is 0.230. The summed E-state index contributed by atoms with van der Waals surface area (Å²) in [6.45, 7) is 6.84. The first kappa shape index (κ1) is 11.6. The number of rotatable bonds is 3. The van der Waals surface area contributed by atoms with Crippen LogP contribution in [-0.2, 0) is 12.1 Å². The molecular weight excluding hydrogens is 202 g/mol. The van der Waals surface area contributed by atoms with Crippen LogP contribution in [0.15, 0.2) is 12.3 Å². The molecule has 4 nitrogen and oxygen atoms in total. The lowest BCUT2D eigenvalue weighted by Gasteiger charge is -2.38. The molecule has 0 radical (unpaired) electrons. The summed E-state index contributed by atoms with van der Waals surface area (Å²) in [6, 6.07) is 1.96. The Morgan fingerprint density at radius 1 is 1.69 bits per heavy atom. The zero-order chi connectivity index (χ0) is 11.6. The Morgan fingerprint density at radius 3 is 3.19 bits per heavy atom. The first-order valence-corrected chi connectivity index (χ1v) is 6.14. The molecule has 2 atom stereocenters. The number of piperidine rings is 1. The van der Waals surface area contributed by atoms with E-state index in [1.165, 1.54) is 0 Å². The van der Waals surface area contributed by atoms with Crippen molar-refractivity contribution in [2.24, 2.45) is 5.92 Å². The second kappa shape index (κ2) is 4.55. The fraction of sp³-hybridized carbons (Fsp3) is 0.750. The molecule has 2 heterocycles. The van der Waals surface area contributed by atoms with E-state index in [2.05, 4.69) is 24.3 Å². The van der Waals surface area contributed by atoms with Crippen molar-refractivity contribution in [1.82, 2.24) is 15.1 Å². The van der Waals surface area contributed by atoms with E-state index in [0.29, 0.717) is 0 Å². The van der Waals surface area contributed by atoms with Gasteiger partial charge < -0.3 is 10.4 Å². The Hall–Kier alpha value is -0.870. The molecule has 0 bridgehead atoms. The highest BCUT2D eigenvalue weighted by Crippen LogP contribution is 2.34. The molecule has 2 unspecified atom stereocenters. The average Bonchev–Trinajstić information content (AvgIpc) is 2.72. The van der Waals surface area contributed by atoms with Crippen molar-refractivity contribution in [3.63, 3.8) is 0 Å². The van der Waals surface area contributed by atoms with Gasteiger partial charge in [-0.05, 0) is 25.5 Å². The van der Waals surface area contributed by atoms with E-state index in [9.17, 15) is 5.11 Å². The van der Waals surface area contributed by atoms with E-state index in [1.807, 2.05) is 10.7 Å². The molecule has 1 fully saturated rings. The van der Waals surface area contributed by atoms with Crippen molar-refractivity contribution >= 4 is 0 Å². The second-order valence-electron chi connectivity index (χ2n) is 4.72. The van der Waals surface area contributed by atoms with Crippen molar-refractivity contribution in [2.75, 3.05) is 13.1 Å². The van der Waals surface area contributed by atoms with Gasteiger partial charge in [-0.2, -0.15) is 5.10 Å². The minimum Gasteiger partial charge on any atom is -0.383 e. The summed E-state index contributed by atoms with van der Waals surface area (Å²) in [6.07, 6.45) is 3.60. The lowest BCUT2D eigenvalue weighted by atomic mass is 9.80. The Bertz CT molecular complexity index is 350. The van der Waals surface area contributed by atoms with Gasteiger partial charge in [0, 0.05) is 25.2 Å². The molecule has 0 aromatic carbocycles. The van der Waals surface area contributed by atoms with Crippen molar-refractivity contribution in [3.05, 3.63) is 18.0 Å². The number of aliphatic hydroxyl groups is 1. The highest BCUT2D eigenvalue weighted by molar-refractivity contribution is 5.15. The maximum absolute atomic E-state index is 10.8. The lowest BCUT2D eigenvalue weighted by Crippen LogP contribution is -2.47. The highest BCUT2D eigenvalue weighted by atomic mass is 16.3. The van der Waals surface area contributed by atoms with Gasteiger partial charge in [-0.25, -0.2) is 0 Å². The summed E-state index contributed by atoms with van der Waals surface area (Å²) in [5, 5.41) is 18.4. The van der Waals surface area contributed by atoms with Crippen LogP contribution in [0.2, 0.25) is 0 Å². The molecule has 0 aliphatic carbocycles. The number of aryl methyl sites for hydroxylation is 1. The largest absolute Gasteiger partial charge is 0.383 e. The summed E-state index contributed by atoms with van der Waals surface area (Å²) >= 11 is 0. The first-order chi connectivity index (χ1) is 7.68. The first-order valence-electron chi connectivity index (χ1n) is 6.14. The van der Waals surface area contributed by atoms with Gasteiger partial charge in [-0.15, -0.1) is 0 Å². The fourth-order valence-electron chi connectivity index (χ4n) is 2.48. The lowest BCUT2D eigenvalue weighted by molar-refractivity contribution is -0.0465. The molecule has 1 aromatic heterocycles. The molecule has 0 saturated carbocycles. The van der Waals surface area contributed by atoms with Crippen molar-refractivity contribution < 1.29 is 5.11 Å². The van der Waals surface area contributed by atoms with Gasteiger partial charge in [0.15, 0.2) is 0 Å². The quantitative estimate of drug-likeness (QED) is 0.807. The predicted octanol–water partition coefficient (Wildman–Crippen LogP) is 1.11. The molecule has 90 valence electrons. The van der Waals surface area contributed by atoms with E-state index < -0.39 is 5.60 Å². The van der Waals surface area contributed by atoms with Crippen LogP contribution >= 0.6 is 0 Å². The SMILES string of the molecule is CCCn1nccc1C1(O)CCNCC1C. The normalized spacial score (nSPS) is 30.6. The second-order valence-corrected chi connectivity index (χ2v) is 4.72. The third-order valence-corrected chi connectivity index (χ3v) is 3.54. The molecule has 2 N–H and O–H groups in total. The molecule has 1 aromatic rings. The van der Waals surface area contributed by atoms with Crippen LogP contribution in [0.1, 0.15) is 32.4 Å². The molecule has 0 spiro atoms.